The molecule has 2 N–H and O–H groups in total. The van der Waals surface area contributed by atoms with E-state index < -0.39 is 28.8 Å². The minimum atomic E-state index is -1.56. The number of phenols is 1. The maximum atomic E-state index is 13.1. The van der Waals surface area contributed by atoms with E-state index in [1.54, 1.807) is 0 Å². The maximum Gasteiger partial charge on any atom is 0.340 e. The Morgan fingerprint density at radius 2 is 1.17 bits per heavy atom. The number of hydrogen-bond donors (Lipinski definition) is 2. The Balaban J connectivity index is 2.76. The zero-order valence-electron chi connectivity index (χ0n) is 20.8. The third kappa shape index (κ3) is 3.98. The van der Waals surface area contributed by atoms with Crippen LogP contribution in [0.1, 0.15) is 20.7 Å². The molecular formula is C25H26O11. The van der Waals surface area contributed by atoms with Gasteiger partial charge in [0.25, 0.3) is 0 Å². The van der Waals surface area contributed by atoms with Crippen LogP contribution in [0.4, 0.5) is 0 Å². The SMILES string of the molecule is COC(=O)c1c(C(=O)O)c(O)c2cc(OC)c(OC)c(OC)c2c1-c1cc(OC)c(OC)c(OC)c1. The number of fused-ring (bicyclic) bond motifs is 1. The predicted octanol–water partition coefficient (Wildman–Crippen LogP) is 3.75. The average molecular weight is 502 g/mol. The summed E-state index contributed by atoms with van der Waals surface area (Å²) in [5.41, 5.74) is -0.755. The molecule has 0 unspecified atom stereocenters. The Kier molecular flexibility index (Phi) is 7.52. The van der Waals surface area contributed by atoms with E-state index in [0.29, 0.717) is 0 Å². The molecule has 0 heterocycles. The quantitative estimate of drug-likeness (QED) is 0.414. The van der Waals surface area contributed by atoms with Gasteiger partial charge in [0.1, 0.15) is 11.3 Å². The van der Waals surface area contributed by atoms with Gasteiger partial charge in [-0.2, -0.15) is 0 Å². The number of carbonyl (C=O) groups is 2. The van der Waals surface area contributed by atoms with Crippen LogP contribution in [-0.2, 0) is 4.74 Å². The Hall–Kier alpha value is -4.54. The number of carboxylic acid groups (broad SMARTS) is 1. The Bertz CT molecular complexity index is 1320. The smallest absolute Gasteiger partial charge is 0.340 e. The summed E-state index contributed by atoms with van der Waals surface area (Å²) in [5, 5.41) is 21.3. The molecule has 36 heavy (non-hydrogen) atoms. The van der Waals surface area contributed by atoms with Crippen LogP contribution < -0.4 is 28.4 Å². The monoisotopic (exact) mass is 502 g/mol. The molecule has 0 spiro atoms. The number of aromatic carboxylic acids is 1. The minimum absolute atomic E-state index is 0.0262. The molecule has 0 fully saturated rings. The van der Waals surface area contributed by atoms with E-state index in [0.717, 1.165) is 7.11 Å². The van der Waals surface area contributed by atoms with Crippen molar-refractivity contribution in [3.8, 4) is 51.4 Å². The Labute approximate surface area is 206 Å². The summed E-state index contributed by atoms with van der Waals surface area (Å²) in [6.07, 6.45) is 0. The molecule has 192 valence electrons. The first-order valence-corrected chi connectivity index (χ1v) is 10.4. The lowest BCUT2D eigenvalue weighted by Crippen LogP contribution is -2.14. The highest BCUT2D eigenvalue weighted by atomic mass is 16.5. The van der Waals surface area contributed by atoms with Gasteiger partial charge in [0.15, 0.2) is 23.0 Å². The van der Waals surface area contributed by atoms with Crippen LogP contribution >= 0.6 is 0 Å². The molecule has 0 bridgehead atoms. The first kappa shape index (κ1) is 26.1. The molecule has 0 saturated heterocycles. The van der Waals surface area contributed by atoms with Gasteiger partial charge in [0.2, 0.25) is 11.5 Å². The molecule has 0 aliphatic rings. The molecule has 11 heteroatoms. The third-order valence-electron chi connectivity index (χ3n) is 5.63. The van der Waals surface area contributed by atoms with E-state index in [4.69, 9.17) is 33.2 Å². The Morgan fingerprint density at radius 3 is 1.58 bits per heavy atom. The molecule has 0 aliphatic carbocycles. The second-order valence-electron chi connectivity index (χ2n) is 7.25. The highest BCUT2D eigenvalue weighted by Gasteiger charge is 2.34. The predicted molar refractivity (Wildman–Crippen MR) is 129 cm³/mol. The summed E-state index contributed by atoms with van der Waals surface area (Å²) in [7, 11) is 9.47. The average Bonchev–Trinajstić information content (AvgIpc) is 2.89. The number of esters is 1. The lowest BCUT2D eigenvalue weighted by Gasteiger charge is -2.22. The van der Waals surface area contributed by atoms with Gasteiger partial charge in [-0.05, 0) is 23.8 Å². The normalized spacial score (nSPS) is 10.5. The van der Waals surface area contributed by atoms with Gasteiger partial charge in [0.05, 0.1) is 55.3 Å². The van der Waals surface area contributed by atoms with Gasteiger partial charge >= 0.3 is 11.9 Å². The molecule has 3 rings (SSSR count). The van der Waals surface area contributed by atoms with Gasteiger partial charge in [-0.1, -0.05) is 0 Å². The van der Waals surface area contributed by atoms with Crippen LogP contribution in [0.25, 0.3) is 21.9 Å². The summed E-state index contributed by atoms with van der Waals surface area (Å²) in [6, 6.07) is 4.45. The van der Waals surface area contributed by atoms with Crippen LogP contribution in [0.3, 0.4) is 0 Å². The standard InChI is InChI=1S/C25H26O11/c1-30-13-8-11(9-14(31-2)21(13)33-4)16-17-12(10-15(32-3)22(34-5)23(17)35-6)20(26)19(24(27)28)18(16)25(29)36-7/h8-10,26H,1-7H3,(H,27,28). The summed E-state index contributed by atoms with van der Waals surface area (Å²) >= 11 is 0. The molecule has 0 amide bonds. The first-order chi connectivity index (χ1) is 17.2. The summed E-state index contributed by atoms with van der Waals surface area (Å²) < 4.78 is 37.7. The van der Waals surface area contributed by atoms with Crippen molar-refractivity contribution in [3.63, 3.8) is 0 Å². The number of benzene rings is 3. The number of hydrogen-bond acceptors (Lipinski definition) is 10. The number of rotatable bonds is 9. The van der Waals surface area contributed by atoms with Crippen molar-refractivity contribution in [2.24, 2.45) is 0 Å². The maximum absolute atomic E-state index is 13.1. The molecule has 3 aromatic rings. The molecule has 0 saturated carbocycles. The summed E-state index contributed by atoms with van der Waals surface area (Å²) in [4.78, 5) is 25.4. The second kappa shape index (κ2) is 10.4. The zero-order valence-corrected chi connectivity index (χ0v) is 20.8. The van der Waals surface area contributed by atoms with Crippen molar-refractivity contribution in [3.05, 3.63) is 29.3 Å². The number of carboxylic acids is 1. The molecule has 0 aromatic heterocycles. The van der Waals surface area contributed by atoms with Crippen molar-refractivity contribution in [2.45, 2.75) is 0 Å². The largest absolute Gasteiger partial charge is 0.506 e. The van der Waals surface area contributed by atoms with Gasteiger partial charge in [-0.25, -0.2) is 9.59 Å². The van der Waals surface area contributed by atoms with Crippen LogP contribution in [-0.4, -0.2) is 71.9 Å². The van der Waals surface area contributed by atoms with Gasteiger partial charge in [-0.15, -0.1) is 0 Å². The van der Waals surface area contributed by atoms with Gasteiger partial charge < -0.3 is 43.4 Å². The zero-order chi connectivity index (χ0) is 26.7. The van der Waals surface area contributed by atoms with Crippen molar-refractivity contribution >= 4 is 22.7 Å². The lowest BCUT2D eigenvalue weighted by atomic mass is 9.87. The van der Waals surface area contributed by atoms with Crippen LogP contribution in [0, 0.1) is 0 Å². The molecule has 0 atom stereocenters. The molecule has 3 aromatic carbocycles. The van der Waals surface area contributed by atoms with E-state index >= 15 is 0 Å². The highest BCUT2D eigenvalue weighted by molar-refractivity contribution is 6.20. The highest BCUT2D eigenvalue weighted by Crippen LogP contribution is 2.53. The molecule has 0 aliphatic heterocycles. The van der Waals surface area contributed by atoms with Crippen molar-refractivity contribution in [2.75, 3.05) is 49.8 Å². The summed E-state index contributed by atoms with van der Waals surface area (Å²) in [5.74, 6) is -2.12. The van der Waals surface area contributed by atoms with E-state index in [-0.39, 0.29) is 56.4 Å². The van der Waals surface area contributed by atoms with Crippen molar-refractivity contribution < 1.29 is 53.0 Å². The fourth-order valence-electron chi connectivity index (χ4n) is 4.12. The van der Waals surface area contributed by atoms with E-state index in [1.807, 2.05) is 0 Å². The number of ether oxygens (including phenoxy) is 7. The third-order valence-corrected chi connectivity index (χ3v) is 5.63. The van der Waals surface area contributed by atoms with E-state index in [1.165, 1.54) is 60.9 Å². The molecule has 11 nitrogen and oxygen atoms in total. The van der Waals surface area contributed by atoms with Gasteiger partial charge in [0, 0.05) is 16.3 Å². The van der Waals surface area contributed by atoms with Crippen molar-refractivity contribution in [1.29, 1.82) is 0 Å². The minimum Gasteiger partial charge on any atom is -0.506 e. The fraction of sp³-hybridized carbons (Fsp3) is 0.280. The molecular weight excluding hydrogens is 476 g/mol. The Morgan fingerprint density at radius 1 is 0.667 bits per heavy atom. The van der Waals surface area contributed by atoms with E-state index in [9.17, 15) is 19.8 Å². The lowest BCUT2D eigenvalue weighted by molar-refractivity contribution is 0.0582. The van der Waals surface area contributed by atoms with Gasteiger partial charge in [-0.3, -0.25) is 0 Å². The van der Waals surface area contributed by atoms with Crippen molar-refractivity contribution in [1.82, 2.24) is 0 Å². The topological polar surface area (TPSA) is 139 Å². The fourth-order valence-corrected chi connectivity index (χ4v) is 4.12. The summed E-state index contributed by atoms with van der Waals surface area (Å²) in [6.45, 7) is 0. The van der Waals surface area contributed by atoms with Crippen LogP contribution in [0.15, 0.2) is 18.2 Å². The number of aromatic hydroxyl groups is 1. The van der Waals surface area contributed by atoms with E-state index in [2.05, 4.69) is 0 Å². The first-order valence-electron chi connectivity index (χ1n) is 10.4. The van der Waals surface area contributed by atoms with Crippen LogP contribution in [0.5, 0.6) is 40.2 Å². The number of carbonyl (C=O) groups excluding carboxylic acids is 1. The van der Waals surface area contributed by atoms with Crippen LogP contribution in [0.2, 0.25) is 0 Å². The number of methoxy groups -OCH3 is 7. The molecule has 0 radical (unpaired) electrons. The second-order valence-corrected chi connectivity index (χ2v) is 7.25.